The third-order valence-corrected chi connectivity index (χ3v) is 3.83. The molecule has 3 rings (SSSR count). The molecule has 0 spiro atoms. The first kappa shape index (κ1) is 13.7. The summed E-state index contributed by atoms with van der Waals surface area (Å²) < 4.78 is 10.5. The summed E-state index contributed by atoms with van der Waals surface area (Å²) in [6.07, 6.45) is 2.98. The summed E-state index contributed by atoms with van der Waals surface area (Å²) in [4.78, 5) is 23.3. The van der Waals surface area contributed by atoms with Crippen molar-refractivity contribution in [1.82, 2.24) is 10.6 Å². The van der Waals surface area contributed by atoms with Gasteiger partial charge in [-0.2, -0.15) is 0 Å². The lowest BCUT2D eigenvalue weighted by Gasteiger charge is -2.23. The van der Waals surface area contributed by atoms with E-state index in [4.69, 9.17) is 9.47 Å². The SMILES string of the molecule is O=C(CNC(=O)C1CCC1)NCc1ccc2c(c1)OCO2. The highest BCUT2D eigenvalue weighted by atomic mass is 16.7. The fourth-order valence-electron chi connectivity index (χ4n) is 2.30. The van der Waals surface area contributed by atoms with Crippen LogP contribution in [0.4, 0.5) is 0 Å². The second-order valence-corrected chi connectivity index (χ2v) is 5.31. The standard InChI is InChI=1S/C15H18N2O4/c18-14(8-17-15(19)11-2-1-3-11)16-7-10-4-5-12-13(6-10)21-9-20-12/h4-6,11H,1-3,7-9H2,(H,16,18)(H,17,19). The van der Waals surface area contributed by atoms with Gasteiger partial charge >= 0.3 is 0 Å². The molecule has 1 aliphatic heterocycles. The summed E-state index contributed by atoms with van der Waals surface area (Å²) in [5.41, 5.74) is 0.929. The van der Waals surface area contributed by atoms with Crippen molar-refractivity contribution in [3.8, 4) is 11.5 Å². The van der Waals surface area contributed by atoms with E-state index in [1.807, 2.05) is 18.2 Å². The molecule has 2 aliphatic rings. The molecule has 1 aromatic carbocycles. The molecule has 112 valence electrons. The number of rotatable bonds is 5. The van der Waals surface area contributed by atoms with E-state index in [0.29, 0.717) is 12.3 Å². The Bertz CT molecular complexity index is 555. The summed E-state index contributed by atoms with van der Waals surface area (Å²) in [6, 6.07) is 5.54. The fraction of sp³-hybridized carbons (Fsp3) is 0.467. The van der Waals surface area contributed by atoms with Crippen molar-refractivity contribution in [1.29, 1.82) is 0 Å². The maximum absolute atomic E-state index is 11.7. The number of ether oxygens (including phenoxy) is 2. The molecule has 1 aromatic rings. The average Bonchev–Trinajstić information content (AvgIpc) is 2.88. The zero-order valence-electron chi connectivity index (χ0n) is 11.7. The largest absolute Gasteiger partial charge is 0.454 e. The maximum Gasteiger partial charge on any atom is 0.239 e. The van der Waals surface area contributed by atoms with Crippen molar-refractivity contribution in [3.05, 3.63) is 23.8 Å². The quantitative estimate of drug-likeness (QED) is 0.846. The Hall–Kier alpha value is -2.24. The van der Waals surface area contributed by atoms with Gasteiger partial charge in [0.05, 0.1) is 6.54 Å². The lowest BCUT2D eigenvalue weighted by atomic mass is 9.85. The lowest BCUT2D eigenvalue weighted by Crippen LogP contribution is -2.41. The molecule has 21 heavy (non-hydrogen) atoms. The van der Waals surface area contributed by atoms with Crippen molar-refractivity contribution in [3.63, 3.8) is 0 Å². The van der Waals surface area contributed by atoms with E-state index in [9.17, 15) is 9.59 Å². The number of benzene rings is 1. The van der Waals surface area contributed by atoms with Gasteiger partial charge in [0.25, 0.3) is 0 Å². The van der Waals surface area contributed by atoms with E-state index < -0.39 is 0 Å². The summed E-state index contributed by atoms with van der Waals surface area (Å²) >= 11 is 0. The highest BCUT2D eigenvalue weighted by Gasteiger charge is 2.25. The van der Waals surface area contributed by atoms with Gasteiger partial charge in [0.2, 0.25) is 18.6 Å². The molecule has 0 atom stereocenters. The third-order valence-electron chi connectivity index (χ3n) is 3.83. The van der Waals surface area contributed by atoms with Crippen molar-refractivity contribution >= 4 is 11.8 Å². The van der Waals surface area contributed by atoms with Crippen LogP contribution < -0.4 is 20.1 Å². The molecule has 6 heteroatoms. The molecule has 6 nitrogen and oxygen atoms in total. The number of fused-ring (bicyclic) bond motifs is 1. The van der Waals surface area contributed by atoms with Crippen molar-refractivity contribution in [2.24, 2.45) is 5.92 Å². The Morgan fingerprint density at radius 3 is 2.71 bits per heavy atom. The van der Waals surface area contributed by atoms with Crippen LogP contribution in [-0.4, -0.2) is 25.2 Å². The van der Waals surface area contributed by atoms with Gasteiger partial charge in [0.1, 0.15) is 0 Å². The molecule has 0 aromatic heterocycles. The minimum absolute atomic E-state index is 0.0144. The molecule has 0 saturated heterocycles. The summed E-state index contributed by atoms with van der Waals surface area (Å²) in [5.74, 6) is 1.31. The lowest BCUT2D eigenvalue weighted by molar-refractivity contribution is -0.130. The molecule has 2 N–H and O–H groups in total. The minimum Gasteiger partial charge on any atom is -0.454 e. The van der Waals surface area contributed by atoms with Gasteiger partial charge in [0.15, 0.2) is 11.5 Å². The van der Waals surface area contributed by atoms with E-state index in [1.165, 1.54) is 0 Å². The third kappa shape index (κ3) is 3.26. The molecule has 1 heterocycles. The summed E-state index contributed by atoms with van der Waals surface area (Å²) in [5, 5.41) is 5.44. The predicted molar refractivity (Wildman–Crippen MR) is 74.8 cm³/mol. The van der Waals surface area contributed by atoms with Crippen LogP contribution >= 0.6 is 0 Å². The monoisotopic (exact) mass is 290 g/mol. The van der Waals surface area contributed by atoms with E-state index >= 15 is 0 Å². The zero-order chi connectivity index (χ0) is 14.7. The average molecular weight is 290 g/mol. The number of hydrogen-bond acceptors (Lipinski definition) is 4. The molecular formula is C15H18N2O4. The molecule has 0 unspecified atom stereocenters. The normalized spacial score (nSPS) is 16.2. The molecule has 1 saturated carbocycles. The first-order chi connectivity index (χ1) is 10.2. The second kappa shape index (κ2) is 6.03. The Morgan fingerprint density at radius 1 is 1.14 bits per heavy atom. The Balaban J connectivity index is 1.42. The molecule has 0 radical (unpaired) electrons. The Kier molecular flexibility index (Phi) is 3.94. The number of amides is 2. The van der Waals surface area contributed by atoms with Crippen LogP contribution in [0.25, 0.3) is 0 Å². The first-order valence-corrected chi connectivity index (χ1v) is 7.15. The van der Waals surface area contributed by atoms with Crippen molar-refractivity contribution < 1.29 is 19.1 Å². The van der Waals surface area contributed by atoms with Gasteiger partial charge in [0, 0.05) is 12.5 Å². The van der Waals surface area contributed by atoms with Crippen molar-refractivity contribution in [2.45, 2.75) is 25.8 Å². The fourth-order valence-corrected chi connectivity index (χ4v) is 2.30. The first-order valence-electron chi connectivity index (χ1n) is 7.15. The van der Waals surface area contributed by atoms with Gasteiger partial charge in [-0.1, -0.05) is 12.5 Å². The van der Waals surface area contributed by atoms with Gasteiger partial charge in [-0.3, -0.25) is 9.59 Å². The van der Waals surface area contributed by atoms with Crippen LogP contribution in [0.15, 0.2) is 18.2 Å². The van der Waals surface area contributed by atoms with Gasteiger partial charge < -0.3 is 20.1 Å². The Morgan fingerprint density at radius 2 is 1.95 bits per heavy atom. The number of hydrogen-bond donors (Lipinski definition) is 2. The molecule has 1 aliphatic carbocycles. The number of nitrogens with one attached hydrogen (secondary N) is 2. The summed E-state index contributed by atoms with van der Waals surface area (Å²) in [7, 11) is 0. The smallest absolute Gasteiger partial charge is 0.239 e. The second-order valence-electron chi connectivity index (χ2n) is 5.31. The Labute approximate surface area is 122 Å². The van der Waals surface area contributed by atoms with E-state index in [1.54, 1.807) is 0 Å². The van der Waals surface area contributed by atoms with Crippen LogP contribution in [0.1, 0.15) is 24.8 Å². The zero-order valence-corrected chi connectivity index (χ0v) is 11.7. The van der Waals surface area contributed by atoms with E-state index in [0.717, 1.165) is 30.6 Å². The predicted octanol–water partition coefficient (Wildman–Crippen LogP) is 0.948. The van der Waals surface area contributed by atoms with E-state index in [2.05, 4.69) is 10.6 Å². The molecule has 2 amide bonds. The highest BCUT2D eigenvalue weighted by molar-refractivity contribution is 5.86. The molecular weight excluding hydrogens is 272 g/mol. The van der Waals surface area contributed by atoms with Gasteiger partial charge in [-0.05, 0) is 30.5 Å². The van der Waals surface area contributed by atoms with Crippen LogP contribution in [0.2, 0.25) is 0 Å². The van der Waals surface area contributed by atoms with Crippen LogP contribution in [0.3, 0.4) is 0 Å². The number of carbonyl (C=O) groups is 2. The van der Waals surface area contributed by atoms with E-state index in [-0.39, 0.29) is 31.1 Å². The van der Waals surface area contributed by atoms with Crippen LogP contribution in [0.5, 0.6) is 11.5 Å². The molecule has 1 fully saturated rings. The van der Waals surface area contributed by atoms with Crippen LogP contribution in [0, 0.1) is 5.92 Å². The maximum atomic E-state index is 11.7. The topological polar surface area (TPSA) is 76.7 Å². The van der Waals surface area contributed by atoms with Gasteiger partial charge in [-0.25, -0.2) is 0 Å². The minimum atomic E-state index is -0.194. The summed E-state index contributed by atoms with van der Waals surface area (Å²) in [6.45, 7) is 0.660. The molecule has 0 bridgehead atoms. The number of carbonyl (C=O) groups excluding carboxylic acids is 2. The van der Waals surface area contributed by atoms with Crippen molar-refractivity contribution in [2.75, 3.05) is 13.3 Å². The van der Waals surface area contributed by atoms with Gasteiger partial charge in [-0.15, -0.1) is 0 Å². The highest BCUT2D eigenvalue weighted by Crippen LogP contribution is 2.32. The van der Waals surface area contributed by atoms with Crippen LogP contribution in [-0.2, 0) is 16.1 Å².